The van der Waals surface area contributed by atoms with E-state index in [1.54, 1.807) is 24.3 Å². The normalized spacial score (nSPS) is 11.3. The Kier molecular flexibility index (Phi) is 6.54. The van der Waals surface area contributed by atoms with Gasteiger partial charge in [0.1, 0.15) is 0 Å². The van der Waals surface area contributed by atoms with E-state index in [4.69, 9.17) is 4.42 Å². The minimum Gasteiger partial charge on any atom is -0.411 e. The molecular weight excluding hydrogens is 454 g/mol. The summed E-state index contributed by atoms with van der Waals surface area (Å²) in [6.07, 6.45) is 0. The second kappa shape index (κ2) is 8.92. The predicted octanol–water partition coefficient (Wildman–Crippen LogP) is 5.46. The molecule has 1 heterocycles. The SMILES string of the molecule is CC(C)(C)C(=O)Nc1ccc(C(=O)CSc2nnc(-c3ccccc3Br)o2)cc1. The number of nitrogens with one attached hydrogen (secondary N) is 1. The first-order chi connectivity index (χ1) is 13.7. The highest BCUT2D eigenvalue weighted by molar-refractivity contribution is 9.10. The fraction of sp³-hybridized carbons (Fsp3) is 0.238. The van der Waals surface area contributed by atoms with Gasteiger partial charge in [0.15, 0.2) is 5.78 Å². The molecule has 8 heteroatoms. The average molecular weight is 474 g/mol. The van der Waals surface area contributed by atoms with Gasteiger partial charge in [0.25, 0.3) is 5.22 Å². The Morgan fingerprint density at radius 2 is 1.76 bits per heavy atom. The molecular formula is C21H20BrN3O3S. The molecule has 0 radical (unpaired) electrons. The third kappa shape index (κ3) is 5.55. The van der Waals surface area contributed by atoms with E-state index in [-0.39, 0.29) is 17.4 Å². The Balaban J connectivity index is 1.59. The number of carbonyl (C=O) groups excluding carboxylic acids is 2. The smallest absolute Gasteiger partial charge is 0.277 e. The van der Waals surface area contributed by atoms with Crippen molar-refractivity contribution in [3.05, 3.63) is 58.6 Å². The van der Waals surface area contributed by atoms with Crippen molar-refractivity contribution in [2.75, 3.05) is 11.1 Å². The van der Waals surface area contributed by atoms with Crippen LogP contribution in [0, 0.1) is 5.41 Å². The van der Waals surface area contributed by atoms with Crippen molar-refractivity contribution in [3.63, 3.8) is 0 Å². The molecule has 150 valence electrons. The molecule has 0 spiro atoms. The molecule has 6 nitrogen and oxygen atoms in total. The van der Waals surface area contributed by atoms with E-state index in [1.807, 2.05) is 45.0 Å². The number of carbonyl (C=O) groups is 2. The highest BCUT2D eigenvalue weighted by Crippen LogP contribution is 2.29. The Hall–Kier alpha value is -2.45. The van der Waals surface area contributed by atoms with Gasteiger partial charge in [0.2, 0.25) is 11.8 Å². The third-order valence-corrected chi connectivity index (χ3v) is 5.49. The zero-order valence-electron chi connectivity index (χ0n) is 16.2. The highest BCUT2D eigenvalue weighted by atomic mass is 79.9. The Morgan fingerprint density at radius 3 is 2.41 bits per heavy atom. The van der Waals surface area contributed by atoms with Gasteiger partial charge >= 0.3 is 0 Å². The molecule has 2 aromatic carbocycles. The lowest BCUT2D eigenvalue weighted by Gasteiger charge is -2.17. The van der Waals surface area contributed by atoms with E-state index in [1.165, 1.54) is 11.8 Å². The van der Waals surface area contributed by atoms with Crippen molar-refractivity contribution >= 4 is 45.1 Å². The van der Waals surface area contributed by atoms with Gasteiger partial charge in [-0.2, -0.15) is 0 Å². The molecule has 0 aliphatic carbocycles. The molecule has 0 atom stereocenters. The number of hydrogen-bond donors (Lipinski definition) is 1. The molecule has 1 aromatic heterocycles. The van der Waals surface area contributed by atoms with Crippen LogP contribution in [0.3, 0.4) is 0 Å². The number of nitrogens with zero attached hydrogens (tertiary/aromatic N) is 2. The minimum absolute atomic E-state index is 0.0654. The molecule has 3 aromatic rings. The zero-order chi connectivity index (χ0) is 21.0. The number of ketones is 1. The maximum atomic E-state index is 12.4. The second-order valence-electron chi connectivity index (χ2n) is 7.35. The largest absolute Gasteiger partial charge is 0.411 e. The van der Waals surface area contributed by atoms with Crippen LogP contribution in [0.1, 0.15) is 31.1 Å². The molecule has 3 rings (SSSR count). The summed E-state index contributed by atoms with van der Waals surface area (Å²) in [5.74, 6) is 0.422. The summed E-state index contributed by atoms with van der Waals surface area (Å²) in [6, 6.07) is 14.4. The molecule has 0 saturated carbocycles. The maximum absolute atomic E-state index is 12.4. The molecule has 1 amide bonds. The quantitative estimate of drug-likeness (QED) is 0.377. The number of thioether (sulfide) groups is 1. The van der Waals surface area contributed by atoms with Gasteiger partial charge in [0, 0.05) is 21.1 Å². The monoisotopic (exact) mass is 473 g/mol. The zero-order valence-corrected chi connectivity index (χ0v) is 18.6. The summed E-state index contributed by atoms with van der Waals surface area (Å²) in [6.45, 7) is 5.53. The Labute approximate surface area is 181 Å². The van der Waals surface area contributed by atoms with Crippen molar-refractivity contribution in [1.82, 2.24) is 10.2 Å². The van der Waals surface area contributed by atoms with Crippen molar-refractivity contribution in [2.45, 2.75) is 26.0 Å². The predicted molar refractivity (Wildman–Crippen MR) is 117 cm³/mol. The lowest BCUT2D eigenvalue weighted by Crippen LogP contribution is -2.27. The van der Waals surface area contributed by atoms with Gasteiger partial charge in [-0.1, -0.05) is 44.7 Å². The molecule has 1 N–H and O–H groups in total. The highest BCUT2D eigenvalue weighted by Gasteiger charge is 2.21. The second-order valence-corrected chi connectivity index (χ2v) is 9.13. The summed E-state index contributed by atoms with van der Waals surface area (Å²) >= 11 is 4.64. The van der Waals surface area contributed by atoms with Crippen LogP contribution < -0.4 is 5.32 Å². The van der Waals surface area contributed by atoms with E-state index in [9.17, 15) is 9.59 Å². The first-order valence-electron chi connectivity index (χ1n) is 8.90. The summed E-state index contributed by atoms with van der Waals surface area (Å²) < 4.78 is 6.50. The topological polar surface area (TPSA) is 85.1 Å². The van der Waals surface area contributed by atoms with Crippen LogP contribution in [-0.4, -0.2) is 27.6 Å². The number of rotatable bonds is 6. The summed E-state index contributed by atoms with van der Waals surface area (Å²) in [4.78, 5) is 24.5. The van der Waals surface area contributed by atoms with Crippen LogP contribution in [0.2, 0.25) is 0 Å². The van der Waals surface area contributed by atoms with E-state index < -0.39 is 5.41 Å². The number of benzene rings is 2. The summed E-state index contributed by atoms with van der Waals surface area (Å²) in [7, 11) is 0. The van der Waals surface area contributed by atoms with Gasteiger partial charge in [-0.25, -0.2) is 0 Å². The van der Waals surface area contributed by atoms with E-state index in [0.29, 0.717) is 22.4 Å². The van der Waals surface area contributed by atoms with Crippen LogP contribution in [0.15, 0.2) is 62.6 Å². The van der Waals surface area contributed by atoms with Crippen LogP contribution in [0.5, 0.6) is 0 Å². The summed E-state index contributed by atoms with van der Waals surface area (Å²) in [5.41, 5.74) is 1.52. The first kappa shape index (κ1) is 21.3. The molecule has 0 bridgehead atoms. The summed E-state index contributed by atoms with van der Waals surface area (Å²) in [5, 5.41) is 11.2. The minimum atomic E-state index is -0.483. The number of amides is 1. The lowest BCUT2D eigenvalue weighted by atomic mass is 9.95. The van der Waals surface area contributed by atoms with Crippen LogP contribution in [-0.2, 0) is 4.79 Å². The van der Waals surface area contributed by atoms with Crippen molar-refractivity contribution in [3.8, 4) is 11.5 Å². The number of Topliss-reactive ketones (excluding diaryl/α,β-unsaturated/α-hetero) is 1. The maximum Gasteiger partial charge on any atom is 0.277 e. The Morgan fingerprint density at radius 1 is 1.07 bits per heavy atom. The standard InChI is InChI=1S/C21H20BrN3O3S/c1-21(2,3)19(27)23-14-10-8-13(9-11-14)17(26)12-29-20-25-24-18(28-20)15-6-4-5-7-16(15)22/h4-11H,12H2,1-3H3,(H,23,27). The molecule has 0 aliphatic rings. The van der Waals surface area contributed by atoms with Crippen molar-refractivity contribution < 1.29 is 14.0 Å². The van der Waals surface area contributed by atoms with Gasteiger partial charge < -0.3 is 9.73 Å². The third-order valence-electron chi connectivity index (χ3n) is 3.98. The van der Waals surface area contributed by atoms with E-state index in [0.717, 1.165) is 10.0 Å². The molecule has 0 unspecified atom stereocenters. The van der Waals surface area contributed by atoms with Crippen LogP contribution >= 0.6 is 27.7 Å². The van der Waals surface area contributed by atoms with Gasteiger partial charge in [-0.3, -0.25) is 9.59 Å². The van der Waals surface area contributed by atoms with Gasteiger partial charge in [-0.05, 0) is 52.3 Å². The lowest BCUT2D eigenvalue weighted by molar-refractivity contribution is -0.123. The molecule has 0 saturated heterocycles. The van der Waals surface area contributed by atoms with E-state index in [2.05, 4.69) is 31.4 Å². The number of aromatic nitrogens is 2. The average Bonchev–Trinajstić information content (AvgIpc) is 3.15. The Bertz CT molecular complexity index is 1030. The molecule has 0 aliphatic heterocycles. The fourth-order valence-electron chi connectivity index (χ4n) is 2.28. The molecule has 29 heavy (non-hydrogen) atoms. The van der Waals surface area contributed by atoms with Gasteiger partial charge in [0.05, 0.1) is 11.3 Å². The number of halogens is 1. The fourth-order valence-corrected chi connectivity index (χ4v) is 3.39. The number of hydrogen-bond acceptors (Lipinski definition) is 6. The van der Waals surface area contributed by atoms with E-state index >= 15 is 0 Å². The molecule has 0 fully saturated rings. The van der Waals surface area contributed by atoms with Crippen molar-refractivity contribution in [2.24, 2.45) is 5.41 Å². The van der Waals surface area contributed by atoms with Crippen LogP contribution in [0.4, 0.5) is 5.69 Å². The first-order valence-corrected chi connectivity index (χ1v) is 10.7. The van der Waals surface area contributed by atoms with Crippen LogP contribution in [0.25, 0.3) is 11.5 Å². The van der Waals surface area contributed by atoms with Crippen molar-refractivity contribution in [1.29, 1.82) is 0 Å². The van der Waals surface area contributed by atoms with Gasteiger partial charge in [-0.15, -0.1) is 10.2 Å². The number of anilines is 1.